The van der Waals surface area contributed by atoms with Crippen molar-refractivity contribution in [2.45, 2.75) is 32.1 Å². The van der Waals surface area contributed by atoms with Crippen LogP contribution in [0.2, 0.25) is 0 Å². The zero-order valence-electron chi connectivity index (χ0n) is 16.2. The van der Waals surface area contributed by atoms with Crippen molar-refractivity contribution in [1.29, 1.82) is 5.26 Å². The van der Waals surface area contributed by atoms with Crippen LogP contribution in [0.3, 0.4) is 0 Å². The normalized spacial score (nSPS) is 17.5. The summed E-state index contributed by atoms with van der Waals surface area (Å²) >= 11 is 0. The van der Waals surface area contributed by atoms with Crippen LogP contribution in [0.4, 0.5) is 13.2 Å². The first-order valence-electron chi connectivity index (χ1n) is 9.41. The number of nitrogens with one attached hydrogen (secondary N) is 1. The largest absolute Gasteiger partial charge is 0.416 e. The average molecular weight is 415 g/mol. The topological polar surface area (TPSA) is 73.2 Å². The van der Waals surface area contributed by atoms with Gasteiger partial charge in [0.05, 0.1) is 29.2 Å². The zero-order valence-corrected chi connectivity index (χ0v) is 16.2. The number of rotatable bonds is 5. The van der Waals surface area contributed by atoms with E-state index in [0.717, 1.165) is 17.7 Å². The van der Waals surface area contributed by atoms with Crippen molar-refractivity contribution in [3.05, 3.63) is 70.8 Å². The van der Waals surface area contributed by atoms with Crippen molar-refractivity contribution in [1.82, 2.24) is 10.2 Å². The van der Waals surface area contributed by atoms with Gasteiger partial charge in [-0.2, -0.15) is 18.4 Å². The van der Waals surface area contributed by atoms with E-state index in [0.29, 0.717) is 11.1 Å². The Morgan fingerprint density at radius 3 is 2.60 bits per heavy atom. The molecule has 156 valence electrons. The van der Waals surface area contributed by atoms with Crippen LogP contribution in [-0.2, 0) is 22.3 Å². The van der Waals surface area contributed by atoms with Crippen molar-refractivity contribution in [2.24, 2.45) is 5.92 Å². The van der Waals surface area contributed by atoms with Gasteiger partial charge in [0.15, 0.2) is 0 Å². The highest BCUT2D eigenvalue weighted by Crippen LogP contribution is 2.30. The van der Waals surface area contributed by atoms with Crippen molar-refractivity contribution >= 4 is 11.8 Å². The number of halogens is 3. The Labute approximate surface area is 172 Å². The molecule has 0 aliphatic carbocycles. The van der Waals surface area contributed by atoms with E-state index in [1.807, 2.05) is 6.07 Å². The van der Waals surface area contributed by atoms with Gasteiger partial charge in [-0.25, -0.2) is 0 Å². The maximum Gasteiger partial charge on any atom is 0.416 e. The smallest absolute Gasteiger partial charge is 0.349 e. The Hall–Kier alpha value is -3.34. The first kappa shape index (κ1) is 21.4. The number of carbonyl (C=O) groups is 2. The maximum absolute atomic E-state index is 12.9. The molecule has 0 bridgehead atoms. The van der Waals surface area contributed by atoms with Crippen LogP contribution < -0.4 is 5.32 Å². The molecule has 1 N–H and O–H groups in total. The molecule has 0 saturated carbocycles. The zero-order chi connectivity index (χ0) is 21.9. The minimum Gasteiger partial charge on any atom is -0.349 e. The number of likely N-dealkylation sites (tertiary alicyclic amines) is 1. The lowest BCUT2D eigenvalue weighted by Crippen LogP contribution is -2.34. The molecule has 0 unspecified atom stereocenters. The number of amides is 2. The van der Waals surface area contributed by atoms with Gasteiger partial charge in [-0.1, -0.05) is 24.3 Å². The van der Waals surface area contributed by atoms with Gasteiger partial charge in [-0.05, 0) is 42.3 Å². The molecule has 8 heteroatoms. The van der Waals surface area contributed by atoms with Crippen LogP contribution in [0.25, 0.3) is 0 Å². The number of alkyl halides is 3. The molecule has 1 aliphatic rings. The molecule has 2 atom stereocenters. The van der Waals surface area contributed by atoms with Crippen LogP contribution in [-0.4, -0.2) is 23.3 Å². The summed E-state index contributed by atoms with van der Waals surface area (Å²) in [5, 5.41) is 11.7. The second-order valence-electron chi connectivity index (χ2n) is 7.34. The molecule has 2 aromatic carbocycles. The molecular weight excluding hydrogens is 395 g/mol. The molecule has 0 aromatic heterocycles. The van der Waals surface area contributed by atoms with Crippen molar-refractivity contribution in [3.8, 4) is 6.07 Å². The number of hydrogen-bond donors (Lipinski definition) is 1. The lowest BCUT2D eigenvalue weighted by atomic mass is 10.0. The third kappa shape index (κ3) is 4.98. The predicted octanol–water partition coefficient (Wildman–Crippen LogP) is 3.80. The SMILES string of the molecule is C[C@@H](NC(=O)[C@H]1CC(=O)N(Cc2cccc(C(F)(F)F)c2)C1)c1ccc(C#N)cc1. The van der Waals surface area contributed by atoms with E-state index in [4.69, 9.17) is 5.26 Å². The number of hydrogen-bond acceptors (Lipinski definition) is 3. The molecule has 2 aromatic rings. The fraction of sp³-hybridized carbons (Fsp3) is 0.318. The standard InChI is InChI=1S/C22H20F3N3O2/c1-14(17-7-5-15(11-26)6-8-17)27-21(30)18-10-20(29)28(13-18)12-16-3-2-4-19(9-16)22(23,24)25/h2-9,14,18H,10,12-13H2,1H3,(H,27,30)/t14-,18+/m1/s1. The number of benzene rings is 2. The molecule has 0 radical (unpaired) electrons. The van der Waals surface area contributed by atoms with E-state index in [2.05, 4.69) is 5.32 Å². The van der Waals surface area contributed by atoms with Crippen LogP contribution in [0, 0.1) is 17.2 Å². The van der Waals surface area contributed by atoms with E-state index in [9.17, 15) is 22.8 Å². The summed E-state index contributed by atoms with van der Waals surface area (Å²) in [6, 6.07) is 13.4. The van der Waals surface area contributed by atoms with E-state index >= 15 is 0 Å². The monoisotopic (exact) mass is 415 g/mol. The molecule has 0 spiro atoms. The average Bonchev–Trinajstić information content (AvgIpc) is 3.08. The highest BCUT2D eigenvalue weighted by atomic mass is 19.4. The fourth-order valence-electron chi connectivity index (χ4n) is 3.43. The quantitative estimate of drug-likeness (QED) is 0.807. The van der Waals surface area contributed by atoms with E-state index in [1.54, 1.807) is 31.2 Å². The van der Waals surface area contributed by atoms with Gasteiger partial charge in [-0.3, -0.25) is 9.59 Å². The predicted molar refractivity (Wildman–Crippen MR) is 103 cm³/mol. The van der Waals surface area contributed by atoms with Crippen LogP contribution in [0.15, 0.2) is 48.5 Å². The van der Waals surface area contributed by atoms with Gasteiger partial charge >= 0.3 is 6.18 Å². The van der Waals surface area contributed by atoms with Gasteiger partial charge in [0.1, 0.15) is 0 Å². The number of carbonyl (C=O) groups excluding carboxylic acids is 2. The first-order valence-corrected chi connectivity index (χ1v) is 9.41. The first-order chi connectivity index (χ1) is 14.2. The van der Waals surface area contributed by atoms with Gasteiger partial charge < -0.3 is 10.2 Å². The molecule has 30 heavy (non-hydrogen) atoms. The van der Waals surface area contributed by atoms with Crippen LogP contribution >= 0.6 is 0 Å². The third-order valence-corrected chi connectivity index (χ3v) is 5.11. The second-order valence-corrected chi connectivity index (χ2v) is 7.34. The molecule has 1 heterocycles. The second kappa shape index (κ2) is 8.57. The summed E-state index contributed by atoms with van der Waals surface area (Å²) in [5.74, 6) is -1.12. The molecular formula is C22H20F3N3O2. The Bertz CT molecular complexity index is 980. The summed E-state index contributed by atoms with van der Waals surface area (Å²) in [5.41, 5.74) is 0.943. The number of nitriles is 1. The highest BCUT2D eigenvalue weighted by Gasteiger charge is 2.35. The Kier molecular flexibility index (Phi) is 6.11. The minimum atomic E-state index is -4.45. The maximum atomic E-state index is 12.9. The molecule has 3 rings (SSSR count). The molecule has 1 aliphatic heterocycles. The summed E-state index contributed by atoms with van der Waals surface area (Å²) in [4.78, 5) is 26.3. The van der Waals surface area contributed by atoms with E-state index < -0.39 is 17.7 Å². The molecule has 5 nitrogen and oxygen atoms in total. The molecule has 2 amide bonds. The lowest BCUT2D eigenvalue weighted by Gasteiger charge is -2.19. The summed E-state index contributed by atoms with van der Waals surface area (Å²) in [7, 11) is 0. The van der Waals surface area contributed by atoms with Crippen LogP contribution in [0.1, 0.15) is 41.6 Å². The summed E-state index contributed by atoms with van der Waals surface area (Å²) in [6.45, 7) is 1.98. The highest BCUT2D eigenvalue weighted by molar-refractivity contribution is 5.89. The fourth-order valence-corrected chi connectivity index (χ4v) is 3.43. The molecule has 1 fully saturated rings. The van der Waals surface area contributed by atoms with Gasteiger partial charge in [0.25, 0.3) is 0 Å². The van der Waals surface area contributed by atoms with Crippen molar-refractivity contribution < 1.29 is 22.8 Å². The minimum absolute atomic E-state index is 0.0187. The van der Waals surface area contributed by atoms with Gasteiger partial charge in [-0.15, -0.1) is 0 Å². The summed E-state index contributed by atoms with van der Waals surface area (Å²) in [6.07, 6.45) is -4.43. The van der Waals surface area contributed by atoms with Crippen molar-refractivity contribution in [3.63, 3.8) is 0 Å². The van der Waals surface area contributed by atoms with E-state index in [-0.39, 0.29) is 37.4 Å². The Morgan fingerprint density at radius 2 is 1.97 bits per heavy atom. The Morgan fingerprint density at radius 1 is 1.27 bits per heavy atom. The van der Waals surface area contributed by atoms with E-state index in [1.165, 1.54) is 17.0 Å². The molecule has 1 saturated heterocycles. The van der Waals surface area contributed by atoms with Gasteiger partial charge in [0, 0.05) is 19.5 Å². The third-order valence-electron chi connectivity index (χ3n) is 5.11. The van der Waals surface area contributed by atoms with Crippen LogP contribution in [0.5, 0.6) is 0 Å². The number of nitrogens with zero attached hydrogens (tertiary/aromatic N) is 2. The van der Waals surface area contributed by atoms with Gasteiger partial charge in [0.2, 0.25) is 11.8 Å². The summed E-state index contributed by atoms with van der Waals surface area (Å²) < 4.78 is 38.6. The van der Waals surface area contributed by atoms with Crippen molar-refractivity contribution in [2.75, 3.05) is 6.54 Å². The Balaban J connectivity index is 1.61. The lowest BCUT2D eigenvalue weighted by molar-refractivity contribution is -0.137.